The number of benzene rings is 2. The predicted molar refractivity (Wildman–Crippen MR) is 114 cm³/mol. The molecule has 0 unspecified atom stereocenters. The second-order valence-corrected chi connectivity index (χ2v) is 8.56. The normalized spacial score (nSPS) is 12.0. The smallest absolute Gasteiger partial charge is 0.405 e. The molecule has 0 radical (unpaired) electrons. The standard InChI is InChI=1S/C20H17F3N6O3S/c1-29-12-14(11-25-29)33(30,31)28-19-18(26-15-7-3-4-8-16(15)27-19)24-10-13-6-2-5-9-17(13)32-20(21,22)23/h2-9,11-12H,10H2,1H3,(H,24,26)(H,27,28). The number of alkyl halides is 3. The van der Waals surface area contributed by atoms with Gasteiger partial charge in [0.1, 0.15) is 10.6 Å². The number of hydrogen-bond acceptors (Lipinski definition) is 7. The third-order valence-corrected chi connectivity index (χ3v) is 5.73. The lowest BCUT2D eigenvalue weighted by Gasteiger charge is -2.16. The van der Waals surface area contributed by atoms with Gasteiger partial charge in [-0.1, -0.05) is 30.3 Å². The van der Waals surface area contributed by atoms with Crippen LogP contribution in [0, 0.1) is 0 Å². The fourth-order valence-corrected chi connectivity index (χ4v) is 3.96. The number of aromatic nitrogens is 4. The summed E-state index contributed by atoms with van der Waals surface area (Å²) in [6.07, 6.45) is -2.37. The molecule has 0 amide bonds. The highest BCUT2D eigenvalue weighted by atomic mass is 32.2. The van der Waals surface area contributed by atoms with Gasteiger partial charge in [-0.15, -0.1) is 13.2 Å². The largest absolute Gasteiger partial charge is 0.573 e. The number of nitrogens with one attached hydrogen (secondary N) is 2. The summed E-state index contributed by atoms with van der Waals surface area (Å²) in [5.74, 6) is -0.474. The second-order valence-electron chi connectivity index (χ2n) is 6.87. The van der Waals surface area contributed by atoms with Crippen molar-refractivity contribution in [2.45, 2.75) is 17.8 Å². The number of nitrogens with zero attached hydrogens (tertiary/aromatic N) is 4. The number of hydrogen-bond donors (Lipinski definition) is 2. The van der Waals surface area contributed by atoms with Crippen molar-refractivity contribution in [1.82, 2.24) is 19.7 Å². The molecule has 0 saturated carbocycles. The van der Waals surface area contributed by atoms with Crippen LogP contribution in [-0.2, 0) is 23.6 Å². The van der Waals surface area contributed by atoms with Gasteiger partial charge in [0.05, 0.1) is 17.2 Å². The molecule has 0 aliphatic heterocycles. The van der Waals surface area contributed by atoms with Crippen LogP contribution in [0.15, 0.2) is 65.8 Å². The van der Waals surface area contributed by atoms with Gasteiger partial charge in [-0.2, -0.15) is 5.10 Å². The van der Waals surface area contributed by atoms with E-state index in [4.69, 9.17) is 0 Å². The summed E-state index contributed by atoms with van der Waals surface area (Å²) in [4.78, 5) is 8.64. The Bertz CT molecular complexity index is 1410. The zero-order chi connectivity index (χ0) is 23.6. The Morgan fingerprint density at radius 1 is 1.00 bits per heavy atom. The molecule has 2 N–H and O–H groups in total. The van der Waals surface area contributed by atoms with E-state index < -0.39 is 16.4 Å². The fraction of sp³-hybridized carbons (Fsp3) is 0.150. The Morgan fingerprint density at radius 2 is 1.64 bits per heavy atom. The average Bonchev–Trinajstić information content (AvgIpc) is 3.19. The topological polar surface area (TPSA) is 111 Å². The van der Waals surface area contributed by atoms with Crippen LogP contribution in [0.5, 0.6) is 5.75 Å². The summed E-state index contributed by atoms with van der Waals surface area (Å²) in [7, 11) is -2.48. The molecule has 172 valence electrons. The van der Waals surface area contributed by atoms with E-state index in [1.165, 1.54) is 35.3 Å². The number of sulfonamides is 1. The molecule has 2 heterocycles. The van der Waals surface area contributed by atoms with Gasteiger partial charge in [-0.3, -0.25) is 9.40 Å². The van der Waals surface area contributed by atoms with Gasteiger partial charge in [0.25, 0.3) is 10.0 Å². The quantitative estimate of drug-likeness (QED) is 0.417. The SMILES string of the molecule is Cn1cc(S(=O)(=O)Nc2nc3ccccc3nc2NCc2ccccc2OC(F)(F)F)cn1. The Balaban J connectivity index is 1.68. The lowest BCUT2D eigenvalue weighted by atomic mass is 10.2. The maximum Gasteiger partial charge on any atom is 0.573 e. The summed E-state index contributed by atoms with van der Waals surface area (Å²) in [6.45, 7) is -0.138. The van der Waals surface area contributed by atoms with Crippen molar-refractivity contribution in [3.05, 3.63) is 66.5 Å². The molecule has 4 rings (SSSR count). The highest BCUT2D eigenvalue weighted by molar-refractivity contribution is 7.92. The van der Waals surface area contributed by atoms with Gasteiger partial charge in [-0.05, 0) is 18.2 Å². The molecule has 13 heteroatoms. The van der Waals surface area contributed by atoms with Crippen LogP contribution in [-0.4, -0.2) is 34.5 Å². The lowest BCUT2D eigenvalue weighted by Crippen LogP contribution is -2.19. The van der Waals surface area contributed by atoms with Crippen molar-refractivity contribution in [1.29, 1.82) is 0 Å². The van der Waals surface area contributed by atoms with Gasteiger partial charge in [0, 0.05) is 25.4 Å². The Hall–Kier alpha value is -3.87. The summed E-state index contributed by atoms with van der Waals surface area (Å²) in [6, 6.07) is 12.4. The first-order chi connectivity index (χ1) is 15.6. The molecule has 0 aliphatic rings. The zero-order valence-corrected chi connectivity index (χ0v) is 17.9. The van der Waals surface area contributed by atoms with Crippen LogP contribution >= 0.6 is 0 Å². The van der Waals surface area contributed by atoms with Gasteiger partial charge < -0.3 is 10.1 Å². The number of ether oxygens (including phenoxy) is 1. The summed E-state index contributed by atoms with van der Waals surface area (Å²) in [5.41, 5.74) is 1.07. The predicted octanol–water partition coefficient (Wildman–Crippen LogP) is 3.67. The van der Waals surface area contributed by atoms with Crippen LogP contribution in [0.1, 0.15) is 5.56 Å². The van der Waals surface area contributed by atoms with E-state index in [0.29, 0.717) is 11.0 Å². The number of para-hydroxylation sites is 3. The highest BCUT2D eigenvalue weighted by Crippen LogP contribution is 2.29. The van der Waals surface area contributed by atoms with Crippen molar-refractivity contribution < 1.29 is 26.3 Å². The molecule has 0 aliphatic carbocycles. The Kier molecular flexibility index (Phi) is 5.80. The molecular weight excluding hydrogens is 461 g/mol. The summed E-state index contributed by atoms with van der Waals surface area (Å²) >= 11 is 0. The minimum absolute atomic E-state index is 0.0305. The van der Waals surface area contributed by atoms with Gasteiger partial charge in [0.15, 0.2) is 11.6 Å². The molecule has 0 bridgehead atoms. The van der Waals surface area contributed by atoms with E-state index in [-0.39, 0.29) is 34.4 Å². The third-order valence-electron chi connectivity index (χ3n) is 4.44. The fourth-order valence-electron chi connectivity index (χ4n) is 2.97. The van der Waals surface area contributed by atoms with Crippen molar-refractivity contribution >= 4 is 32.7 Å². The highest BCUT2D eigenvalue weighted by Gasteiger charge is 2.32. The van der Waals surface area contributed by atoms with Crippen molar-refractivity contribution in [3.63, 3.8) is 0 Å². The van der Waals surface area contributed by atoms with Crippen molar-refractivity contribution in [2.24, 2.45) is 7.05 Å². The number of halogens is 3. The van der Waals surface area contributed by atoms with Crippen molar-refractivity contribution in [3.8, 4) is 5.75 Å². The second kappa shape index (κ2) is 8.58. The maximum atomic E-state index is 12.8. The van der Waals surface area contributed by atoms with Gasteiger partial charge in [0.2, 0.25) is 0 Å². The van der Waals surface area contributed by atoms with Crippen molar-refractivity contribution in [2.75, 3.05) is 10.0 Å². The maximum absolute atomic E-state index is 12.8. The molecule has 0 fully saturated rings. The minimum Gasteiger partial charge on any atom is -0.405 e. The molecule has 9 nitrogen and oxygen atoms in total. The monoisotopic (exact) mass is 478 g/mol. The Labute approximate surface area is 186 Å². The summed E-state index contributed by atoms with van der Waals surface area (Å²) < 4.78 is 71.5. The van der Waals surface area contributed by atoms with Crippen LogP contribution in [0.2, 0.25) is 0 Å². The molecule has 4 aromatic rings. The van der Waals surface area contributed by atoms with E-state index in [1.54, 1.807) is 37.4 Å². The first-order valence-electron chi connectivity index (χ1n) is 9.46. The minimum atomic E-state index is -4.86. The van der Waals surface area contributed by atoms with E-state index in [0.717, 1.165) is 0 Å². The molecule has 2 aromatic carbocycles. The van der Waals surface area contributed by atoms with E-state index in [1.807, 2.05) is 0 Å². The molecule has 0 spiro atoms. The van der Waals surface area contributed by atoms with E-state index in [9.17, 15) is 21.6 Å². The lowest BCUT2D eigenvalue weighted by molar-refractivity contribution is -0.274. The van der Waals surface area contributed by atoms with Crippen LogP contribution in [0.4, 0.5) is 24.8 Å². The number of anilines is 2. The van der Waals surface area contributed by atoms with Gasteiger partial charge in [-0.25, -0.2) is 18.4 Å². The van der Waals surface area contributed by atoms with Crippen LogP contribution in [0.25, 0.3) is 11.0 Å². The Morgan fingerprint density at radius 3 is 2.27 bits per heavy atom. The van der Waals surface area contributed by atoms with Crippen LogP contribution < -0.4 is 14.8 Å². The summed E-state index contributed by atoms with van der Waals surface area (Å²) in [5, 5.41) is 6.71. The first kappa shape index (κ1) is 22.3. The molecule has 0 saturated heterocycles. The van der Waals surface area contributed by atoms with E-state index >= 15 is 0 Å². The van der Waals surface area contributed by atoms with Gasteiger partial charge >= 0.3 is 6.36 Å². The van der Waals surface area contributed by atoms with Crippen LogP contribution in [0.3, 0.4) is 0 Å². The third kappa shape index (κ3) is 5.31. The zero-order valence-electron chi connectivity index (χ0n) is 17.0. The number of aryl methyl sites for hydroxylation is 1. The molecule has 0 atom stereocenters. The molecular formula is C20H17F3N6O3S. The van der Waals surface area contributed by atoms with E-state index in [2.05, 4.69) is 29.8 Å². The first-order valence-corrected chi connectivity index (χ1v) is 10.9. The number of rotatable bonds is 7. The number of fused-ring (bicyclic) bond motifs is 1. The molecule has 33 heavy (non-hydrogen) atoms. The average molecular weight is 478 g/mol. The molecule has 2 aromatic heterocycles.